The molecule has 0 radical (unpaired) electrons. The Morgan fingerprint density at radius 1 is 1.35 bits per heavy atom. The Bertz CT molecular complexity index is 608. The number of carbonyl (C=O) groups excluding carboxylic acids is 1. The number of halogens is 3. The summed E-state index contributed by atoms with van der Waals surface area (Å²) in [4.78, 5) is 12.0. The number of alkyl halides is 3. The van der Waals surface area contributed by atoms with E-state index in [1.165, 1.54) is 11.1 Å². The molecule has 106 valence electrons. The lowest BCUT2D eigenvalue weighted by molar-refractivity contribution is -0.144. The highest BCUT2D eigenvalue weighted by atomic mass is 19.4. The summed E-state index contributed by atoms with van der Waals surface area (Å²) in [7, 11) is 0. The van der Waals surface area contributed by atoms with Crippen molar-refractivity contribution in [3.8, 4) is 0 Å². The molecule has 0 fully saturated rings. The average Bonchev–Trinajstić information content (AvgIpc) is 2.82. The number of amides is 1. The first kappa shape index (κ1) is 13.2. The summed E-state index contributed by atoms with van der Waals surface area (Å²) in [6.45, 7) is -0.743. The minimum atomic E-state index is -4.42. The molecule has 20 heavy (non-hydrogen) atoms. The summed E-state index contributed by atoms with van der Waals surface area (Å²) in [5.74, 6) is -0.576. The van der Waals surface area contributed by atoms with Gasteiger partial charge in [-0.2, -0.15) is 13.2 Å². The van der Waals surface area contributed by atoms with E-state index in [4.69, 9.17) is 5.11 Å². The fourth-order valence-electron chi connectivity index (χ4n) is 2.54. The number of hydrogen-bond acceptors (Lipinski definition) is 2. The summed E-state index contributed by atoms with van der Waals surface area (Å²) in [5, 5.41) is 11.2. The second-order valence-electron chi connectivity index (χ2n) is 5.07. The molecule has 0 aromatic rings. The van der Waals surface area contributed by atoms with E-state index in [2.05, 4.69) is 5.32 Å². The Balaban J connectivity index is 1.65. The van der Waals surface area contributed by atoms with Crippen LogP contribution in [0.15, 0.2) is 46.1 Å². The van der Waals surface area contributed by atoms with Crippen LogP contribution in [0, 0.1) is 0 Å². The lowest BCUT2D eigenvalue weighted by atomic mass is 10.0. The molecule has 1 atom stereocenters. The van der Waals surface area contributed by atoms with Gasteiger partial charge in [-0.15, -0.1) is 0 Å². The van der Waals surface area contributed by atoms with E-state index in [0.29, 0.717) is 5.57 Å². The van der Waals surface area contributed by atoms with Crippen LogP contribution in [-0.2, 0) is 4.79 Å². The molecule has 0 saturated carbocycles. The van der Waals surface area contributed by atoms with Crippen LogP contribution < -0.4 is 5.32 Å². The van der Waals surface area contributed by atoms with Gasteiger partial charge in [0.2, 0.25) is 0 Å². The van der Waals surface area contributed by atoms with Crippen molar-refractivity contribution in [1.29, 1.82) is 0 Å². The number of aliphatic hydroxyl groups excluding tert-OH is 1. The van der Waals surface area contributed by atoms with Crippen LogP contribution in [0.1, 0.15) is 12.8 Å². The monoisotopic (exact) mass is 283 g/mol. The minimum Gasteiger partial charge on any atom is -0.394 e. The Hall–Kier alpha value is -1.82. The summed E-state index contributed by atoms with van der Waals surface area (Å²) >= 11 is 0. The summed E-state index contributed by atoms with van der Waals surface area (Å²) in [5.41, 5.74) is 4.56. The maximum absolute atomic E-state index is 12.3. The predicted molar refractivity (Wildman–Crippen MR) is 65.6 cm³/mol. The maximum atomic E-state index is 12.3. The number of aliphatic hydroxyl groups is 1. The Labute approximate surface area is 113 Å². The quantitative estimate of drug-likeness (QED) is 0.828. The first-order chi connectivity index (χ1) is 9.39. The molecule has 1 amide bonds. The molecule has 0 unspecified atom stereocenters. The molecule has 0 aromatic carbocycles. The van der Waals surface area contributed by atoms with Crippen LogP contribution in [0.3, 0.4) is 0 Å². The molecule has 0 aromatic heterocycles. The first-order valence-corrected chi connectivity index (χ1v) is 6.24. The van der Waals surface area contributed by atoms with E-state index in [-0.39, 0.29) is 0 Å². The molecule has 2 N–H and O–H groups in total. The molecule has 3 aliphatic carbocycles. The number of carbonyl (C=O) groups is 1. The highest BCUT2D eigenvalue weighted by Gasteiger charge is 2.38. The number of rotatable bonds is 4. The molecule has 0 spiro atoms. The summed E-state index contributed by atoms with van der Waals surface area (Å²) in [6.07, 6.45) is 0.599. The lowest BCUT2D eigenvalue weighted by Gasteiger charge is -2.19. The second kappa shape index (κ2) is 4.34. The van der Waals surface area contributed by atoms with Gasteiger partial charge >= 0.3 is 6.18 Å². The molecule has 3 rings (SSSR count). The Morgan fingerprint density at radius 3 is 2.75 bits per heavy atom. The van der Waals surface area contributed by atoms with Crippen molar-refractivity contribution in [2.24, 2.45) is 0 Å². The van der Waals surface area contributed by atoms with Crippen LogP contribution in [0.2, 0.25) is 0 Å². The van der Waals surface area contributed by atoms with Gasteiger partial charge in [-0.05, 0) is 40.9 Å². The third kappa shape index (κ3) is 2.31. The molecular weight excluding hydrogens is 271 g/mol. The zero-order chi connectivity index (χ0) is 14.5. The molecule has 0 bridgehead atoms. The standard InChI is InChI=1S/C14H12F3NO2/c15-14(16,17)5-8(6-19)18-13(20)10-2-1-9-11-3-7(11)4-12(9)10/h1-2,4,8,19H,3,5-6H2,(H,18,20)/t8-/m0/s1. The number of nitrogens with one attached hydrogen (secondary N) is 1. The zero-order valence-electron chi connectivity index (χ0n) is 10.4. The largest absolute Gasteiger partial charge is 0.394 e. The van der Waals surface area contributed by atoms with Crippen LogP contribution in [0.25, 0.3) is 0 Å². The third-order valence-electron chi connectivity index (χ3n) is 3.55. The van der Waals surface area contributed by atoms with E-state index in [1.807, 2.05) is 12.2 Å². The normalized spacial score (nSPS) is 20.9. The maximum Gasteiger partial charge on any atom is 0.391 e. The highest BCUT2D eigenvalue weighted by Crippen LogP contribution is 2.51. The van der Waals surface area contributed by atoms with Gasteiger partial charge in [0.1, 0.15) is 0 Å². The van der Waals surface area contributed by atoms with E-state index in [0.717, 1.165) is 17.6 Å². The van der Waals surface area contributed by atoms with Gasteiger partial charge in [-0.1, -0.05) is 6.08 Å². The van der Waals surface area contributed by atoms with Crippen molar-refractivity contribution in [1.82, 2.24) is 5.32 Å². The lowest BCUT2D eigenvalue weighted by Crippen LogP contribution is -2.41. The topological polar surface area (TPSA) is 49.3 Å². The smallest absolute Gasteiger partial charge is 0.391 e. The van der Waals surface area contributed by atoms with Gasteiger partial charge < -0.3 is 10.4 Å². The first-order valence-electron chi connectivity index (χ1n) is 6.24. The minimum absolute atomic E-state index is 0.368. The number of hydrogen-bond donors (Lipinski definition) is 2. The molecule has 6 heteroatoms. The second-order valence-corrected chi connectivity index (χ2v) is 5.07. The fraction of sp³-hybridized carbons (Fsp3) is 0.357. The van der Waals surface area contributed by atoms with Gasteiger partial charge in [-0.25, -0.2) is 0 Å². The molecule has 0 saturated heterocycles. The van der Waals surface area contributed by atoms with Crippen LogP contribution in [0.4, 0.5) is 13.2 Å². The van der Waals surface area contributed by atoms with Gasteiger partial charge in [0.05, 0.1) is 19.1 Å². The zero-order valence-corrected chi connectivity index (χ0v) is 10.4. The van der Waals surface area contributed by atoms with E-state index >= 15 is 0 Å². The van der Waals surface area contributed by atoms with Crippen molar-refractivity contribution < 1.29 is 23.1 Å². The van der Waals surface area contributed by atoms with Crippen LogP contribution in [0.5, 0.6) is 0 Å². The predicted octanol–water partition coefficient (Wildman–Crippen LogP) is 1.92. The van der Waals surface area contributed by atoms with Crippen molar-refractivity contribution in [2.45, 2.75) is 25.1 Å². The number of allylic oxidation sites excluding steroid dienone is 6. The molecule has 3 nitrogen and oxygen atoms in total. The number of fused-ring (bicyclic) bond motifs is 2. The third-order valence-corrected chi connectivity index (χ3v) is 3.55. The van der Waals surface area contributed by atoms with E-state index in [1.54, 1.807) is 6.08 Å². The van der Waals surface area contributed by atoms with Crippen LogP contribution in [-0.4, -0.2) is 29.8 Å². The summed E-state index contributed by atoms with van der Waals surface area (Å²) in [6, 6.07) is -1.32. The van der Waals surface area contributed by atoms with Gasteiger partial charge in [0.15, 0.2) is 0 Å². The molecule has 3 aliphatic rings. The fourth-order valence-corrected chi connectivity index (χ4v) is 2.54. The average molecular weight is 283 g/mol. The SMILES string of the molecule is O=C(N[C@H](CO)CC(F)(F)F)C1=CC=C2C1=CC1=C2C1. The van der Waals surface area contributed by atoms with Gasteiger partial charge in [0, 0.05) is 5.57 Å². The van der Waals surface area contributed by atoms with Crippen molar-refractivity contribution in [3.05, 3.63) is 46.1 Å². The Kier molecular flexibility index (Phi) is 2.86. The molecule has 0 aliphatic heterocycles. The van der Waals surface area contributed by atoms with Crippen molar-refractivity contribution in [3.63, 3.8) is 0 Å². The van der Waals surface area contributed by atoms with Gasteiger partial charge in [-0.3, -0.25) is 4.79 Å². The molecule has 0 heterocycles. The van der Waals surface area contributed by atoms with Crippen molar-refractivity contribution >= 4 is 5.91 Å². The van der Waals surface area contributed by atoms with Crippen molar-refractivity contribution in [2.75, 3.05) is 6.61 Å². The van der Waals surface area contributed by atoms with E-state index < -0.39 is 31.2 Å². The molecular formula is C14H12F3NO2. The summed E-state index contributed by atoms with van der Waals surface area (Å²) < 4.78 is 36.9. The Morgan fingerprint density at radius 2 is 2.10 bits per heavy atom. The van der Waals surface area contributed by atoms with Crippen LogP contribution >= 0.6 is 0 Å². The highest BCUT2D eigenvalue weighted by molar-refractivity contribution is 6.03. The van der Waals surface area contributed by atoms with E-state index in [9.17, 15) is 18.0 Å². The van der Waals surface area contributed by atoms with Gasteiger partial charge in [0.25, 0.3) is 5.91 Å².